The molecule has 0 aliphatic rings. The molecule has 0 atom stereocenters. The van der Waals surface area contributed by atoms with Crippen LogP contribution in [0.25, 0.3) is 0 Å². The van der Waals surface area contributed by atoms with Crippen molar-refractivity contribution in [2.75, 3.05) is 11.1 Å². The molecule has 100 valence electrons. The van der Waals surface area contributed by atoms with Crippen molar-refractivity contribution in [3.8, 4) is 0 Å². The number of benzene rings is 1. The molecule has 19 heavy (non-hydrogen) atoms. The third-order valence-electron chi connectivity index (χ3n) is 2.31. The molecule has 0 fully saturated rings. The third-order valence-corrected chi connectivity index (χ3v) is 2.31. The van der Waals surface area contributed by atoms with Crippen molar-refractivity contribution in [1.29, 1.82) is 0 Å². The Morgan fingerprint density at radius 3 is 2.58 bits per heavy atom. The summed E-state index contributed by atoms with van der Waals surface area (Å²) >= 11 is 0. The van der Waals surface area contributed by atoms with E-state index in [4.69, 9.17) is 5.73 Å². The molecule has 0 saturated carbocycles. The van der Waals surface area contributed by atoms with Crippen molar-refractivity contribution in [2.24, 2.45) is 0 Å². The van der Waals surface area contributed by atoms with Gasteiger partial charge < -0.3 is 11.1 Å². The van der Waals surface area contributed by atoms with Crippen molar-refractivity contribution < 1.29 is 13.2 Å². The fourth-order valence-electron chi connectivity index (χ4n) is 1.44. The number of nitrogens with zero attached hydrogens (tertiary/aromatic N) is 1. The minimum absolute atomic E-state index is 0.115. The maximum absolute atomic E-state index is 12.7. The molecule has 5 nitrogen and oxygen atoms in total. The average Bonchev–Trinajstić information content (AvgIpc) is 2.33. The number of para-hydroxylation sites is 1. The smallest absolute Gasteiger partial charge is 0.393 e. The van der Waals surface area contributed by atoms with Gasteiger partial charge >= 0.3 is 6.18 Å². The number of aromatic nitrogens is 2. The molecule has 0 aliphatic carbocycles. The first kappa shape index (κ1) is 12.9. The monoisotopic (exact) mass is 270 g/mol. The van der Waals surface area contributed by atoms with Crippen LogP contribution in [0.5, 0.6) is 0 Å². The molecule has 0 aliphatic heterocycles. The highest BCUT2D eigenvalue weighted by Crippen LogP contribution is 2.35. The van der Waals surface area contributed by atoms with Crippen molar-refractivity contribution in [1.82, 2.24) is 9.97 Å². The molecular formula is C11H9F3N4O. The molecule has 1 aromatic carbocycles. The van der Waals surface area contributed by atoms with E-state index in [-0.39, 0.29) is 17.3 Å². The van der Waals surface area contributed by atoms with Gasteiger partial charge in [0.1, 0.15) is 5.69 Å². The number of nitrogens with two attached hydrogens (primary N) is 1. The fraction of sp³-hybridized carbons (Fsp3) is 0.0909. The van der Waals surface area contributed by atoms with Crippen LogP contribution in [0.15, 0.2) is 35.3 Å². The van der Waals surface area contributed by atoms with E-state index in [1.165, 1.54) is 18.2 Å². The number of hydrogen-bond donors (Lipinski definition) is 3. The molecule has 8 heteroatoms. The molecule has 0 unspecified atom stereocenters. The Morgan fingerprint density at radius 1 is 1.26 bits per heavy atom. The van der Waals surface area contributed by atoms with Crippen molar-refractivity contribution in [3.63, 3.8) is 0 Å². The van der Waals surface area contributed by atoms with Gasteiger partial charge in [-0.15, -0.1) is 0 Å². The topological polar surface area (TPSA) is 83.8 Å². The van der Waals surface area contributed by atoms with E-state index in [1.807, 2.05) is 0 Å². The minimum atomic E-state index is -4.50. The van der Waals surface area contributed by atoms with E-state index >= 15 is 0 Å². The fourth-order valence-corrected chi connectivity index (χ4v) is 1.44. The molecule has 0 bridgehead atoms. The summed E-state index contributed by atoms with van der Waals surface area (Å²) in [5.74, 6) is -0.115. The predicted octanol–water partition coefficient (Wildman–Crippen LogP) is 2.11. The van der Waals surface area contributed by atoms with E-state index in [9.17, 15) is 18.0 Å². The lowest BCUT2D eigenvalue weighted by Crippen LogP contribution is -2.15. The number of halogens is 3. The van der Waals surface area contributed by atoms with Gasteiger partial charge in [0, 0.05) is 0 Å². The summed E-state index contributed by atoms with van der Waals surface area (Å²) < 4.78 is 38.2. The lowest BCUT2D eigenvalue weighted by Gasteiger charge is -2.13. The summed E-state index contributed by atoms with van der Waals surface area (Å²) in [6, 6.07) is 4.87. The molecule has 2 aromatic rings. The second kappa shape index (κ2) is 4.63. The number of nitrogens with one attached hydrogen (secondary N) is 2. The highest BCUT2D eigenvalue weighted by molar-refractivity contribution is 5.59. The van der Waals surface area contributed by atoms with Crippen molar-refractivity contribution in [2.45, 2.75) is 6.18 Å². The maximum atomic E-state index is 12.7. The Labute approximate surface area is 105 Å². The standard InChI is InChI=1S/C11H9F3N4O/c12-11(13,14)6-3-1-2-4-8(6)17-10-16-5-7(15)9(19)18-10/h1-5H,15H2,(H2,16,17,18,19). The molecule has 0 radical (unpaired) electrons. The van der Waals surface area contributed by atoms with Crippen LogP contribution in [0.1, 0.15) is 5.56 Å². The summed E-state index contributed by atoms with van der Waals surface area (Å²) in [7, 11) is 0. The molecule has 0 spiro atoms. The van der Waals surface area contributed by atoms with Gasteiger partial charge in [-0.3, -0.25) is 9.78 Å². The molecule has 0 amide bonds. The number of alkyl halides is 3. The molecule has 0 saturated heterocycles. The lowest BCUT2D eigenvalue weighted by atomic mass is 10.1. The summed E-state index contributed by atoms with van der Waals surface area (Å²) in [4.78, 5) is 17.2. The Hall–Kier alpha value is -2.51. The van der Waals surface area contributed by atoms with Gasteiger partial charge in [-0.25, -0.2) is 4.98 Å². The highest BCUT2D eigenvalue weighted by atomic mass is 19.4. The van der Waals surface area contributed by atoms with Gasteiger partial charge in [0.15, 0.2) is 0 Å². The van der Waals surface area contributed by atoms with Gasteiger partial charge in [0.25, 0.3) is 5.56 Å². The summed E-state index contributed by atoms with van der Waals surface area (Å²) in [6.45, 7) is 0. The molecule has 1 aromatic heterocycles. The van der Waals surface area contributed by atoms with Crippen LogP contribution < -0.4 is 16.6 Å². The number of hydrogen-bond acceptors (Lipinski definition) is 4. The van der Waals surface area contributed by atoms with E-state index in [1.54, 1.807) is 0 Å². The molecule has 2 rings (SSSR count). The summed E-state index contributed by atoms with van der Waals surface area (Å²) in [6.07, 6.45) is -3.44. The van der Waals surface area contributed by atoms with Crippen LogP contribution >= 0.6 is 0 Å². The molecule has 4 N–H and O–H groups in total. The minimum Gasteiger partial charge on any atom is -0.393 e. The zero-order valence-electron chi connectivity index (χ0n) is 9.45. The van der Waals surface area contributed by atoms with Gasteiger partial charge in [-0.1, -0.05) is 12.1 Å². The van der Waals surface area contributed by atoms with Crippen LogP contribution in [0.3, 0.4) is 0 Å². The van der Waals surface area contributed by atoms with Gasteiger partial charge in [-0.2, -0.15) is 13.2 Å². The second-order valence-electron chi connectivity index (χ2n) is 3.68. The number of rotatable bonds is 2. The van der Waals surface area contributed by atoms with Gasteiger partial charge in [-0.05, 0) is 12.1 Å². The van der Waals surface area contributed by atoms with E-state index in [0.29, 0.717) is 0 Å². The second-order valence-corrected chi connectivity index (χ2v) is 3.68. The van der Waals surface area contributed by atoms with E-state index in [0.717, 1.165) is 12.3 Å². The van der Waals surface area contributed by atoms with E-state index < -0.39 is 17.3 Å². The first-order valence-electron chi connectivity index (χ1n) is 5.16. The van der Waals surface area contributed by atoms with Crippen LogP contribution in [-0.2, 0) is 6.18 Å². The summed E-state index contributed by atoms with van der Waals surface area (Å²) in [5, 5.41) is 2.40. The highest BCUT2D eigenvalue weighted by Gasteiger charge is 2.33. The normalized spacial score (nSPS) is 11.3. The van der Waals surface area contributed by atoms with E-state index in [2.05, 4.69) is 15.3 Å². The molecular weight excluding hydrogens is 261 g/mol. The third kappa shape index (κ3) is 2.84. The average molecular weight is 270 g/mol. The molecule has 1 heterocycles. The first-order valence-corrected chi connectivity index (χ1v) is 5.16. The van der Waals surface area contributed by atoms with Gasteiger partial charge in [0.05, 0.1) is 17.4 Å². The SMILES string of the molecule is Nc1cnc(Nc2ccccc2C(F)(F)F)[nH]c1=O. The Morgan fingerprint density at radius 2 is 1.95 bits per heavy atom. The first-order chi connectivity index (χ1) is 8.88. The van der Waals surface area contributed by atoms with Crippen LogP contribution in [0.2, 0.25) is 0 Å². The summed E-state index contributed by atoms with van der Waals surface area (Å²) in [5.41, 5.74) is 3.47. The predicted molar refractivity (Wildman–Crippen MR) is 64.0 cm³/mol. The maximum Gasteiger partial charge on any atom is 0.418 e. The zero-order valence-corrected chi connectivity index (χ0v) is 9.45. The van der Waals surface area contributed by atoms with Crippen molar-refractivity contribution >= 4 is 17.3 Å². The zero-order chi connectivity index (χ0) is 14.0. The van der Waals surface area contributed by atoms with Crippen LogP contribution in [-0.4, -0.2) is 9.97 Å². The Bertz CT molecular complexity index is 651. The number of H-pyrrole nitrogens is 1. The van der Waals surface area contributed by atoms with Crippen molar-refractivity contribution in [3.05, 3.63) is 46.4 Å². The largest absolute Gasteiger partial charge is 0.418 e. The quantitative estimate of drug-likeness (QED) is 0.780. The van der Waals surface area contributed by atoms with Crippen LogP contribution in [0.4, 0.5) is 30.5 Å². The number of aromatic amines is 1. The lowest BCUT2D eigenvalue weighted by molar-refractivity contribution is -0.136. The van der Waals surface area contributed by atoms with Crippen LogP contribution in [0, 0.1) is 0 Å². The Kier molecular flexibility index (Phi) is 3.16. The number of anilines is 3. The van der Waals surface area contributed by atoms with Gasteiger partial charge in [0.2, 0.25) is 5.95 Å². The number of nitrogen functional groups attached to an aromatic ring is 1. The Balaban J connectivity index is 2.38.